The minimum atomic E-state index is 0.437. The smallest absolute Gasteiger partial charge is 0.0564 e. The fourth-order valence-corrected chi connectivity index (χ4v) is 3.22. The molecule has 2 rings (SSSR count). The molecule has 0 amide bonds. The van der Waals surface area contributed by atoms with Crippen molar-refractivity contribution >= 4 is 11.3 Å². The summed E-state index contributed by atoms with van der Waals surface area (Å²) >= 11 is 1.82. The van der Waals surface area contributed by atoms with Crippen molar-refractivity contribution in [2.75, 3.05) is 19.6 Å². The lowest BCUT2D eigenvalue weighted by atomic mass is 9.93. The molecule has 0 radical (unpaired) electrons. The van der Waals surface area contributed by atoms with Gasteiger partial charge in [-0.1, -0.05) is 19.9 Å². The predicted octanol–water partition coefficient (Wildman–Crippen LogP) is 2.48. The van der Waals surface area contributed by atoms with Gasteiger partial charge in [0.05, 0.1) is 6.04 Å². The van der Waals surface area contributed by atoms with Crippen LogP contribution < -0.4 is 5.73 Å². The first-order valence-corrected chi connectivity index (χ1v) is 6.48. The standard InChI is InChI=1S/C12H20N2S/c1-12(2)5-6-14(9-12)10(8-13)11-4-3-7-15-11/h3-4,7,10H,5-6,8-9,13H2,1-2H3. The van der Waals surface area contributed by atoms with Gasteiger partial charge in [0.1, 0.15) is 0 Å². The quantitative estimate of drug-likeness (QED) is 0.854. The van der Waals surface area contributed by atoms with Gasteiger partial charge in [-0.15, -0.1) is 11.3 Å². The molecule has 0 spiro atoms. The lowest BCUT2D eigenvalue weighted by molar-refractivity contribution is 0.226. The van der Waals surface area contributed by atoms with Crippen LogP contribution in [0.15, 0.2) is 17.5 Å². The topological polar surface area (TPSA) is 29.3 Å². The van der Waals surface area contributed by atoms with Crippen molar-refractivity contribution in [2.45, 2.75) is 26.3 Å². The van der Waals surface area contributed by atoms with Crippen LogP contribution in [0, 0.1) is 5.41 Å². The second kappa shape index (κ2) is 4.24. The largest absolute Gasteiger partial charge is 0.329 e. The summed E-state index contributed by atoms with van der Waals surface area (Å²) in [6.45, 7) is 7.78. The highest BCUT2D eigenvalue weighted by Crippen LogP contribution is 2.35. The highest BCUT2D eigenvalue weighted by Gasteiger charge is 2.33. The molecule has 1 aromatic rings. The molecule has 0 aliphatic carbocycles. The van der Waals surface area contributed by atoms with Gasteiger partial charge < -0.3 is 5.73 Å². The van der Waals surface area contributed by atoms with Gasteiger partial charge in [0.2, 0.25) is 0 Å². The average molecular weight is 224 g/mol. The number of thiophene rings is 1. The second-order valence-electron chi connectivity index (χ2n) is 5.15. The molecule has 0 saturated carbocycles. The van der Waals surface area contributed by atoms with E-state index in [-0.39, 0.29) is 0 Å². The van der Waals surface area contributed by atoms with Crippen LogP contribution in [0.1, 0.15) is 31.2 Å². The van der Waals surface area contributed by atoms with E-state index in [0.29, 0.717) is 11.5 Å². The van der Waals surface area contributed by atoms with Gasteiger partial charge in [-0.3, -0.25) is 4.90 Å². The van der Waals surface area contributed by atoms with Crippen LogP contribution in [0.4, 0.5) is 0 Å². The van der Waals surface area contributed by atoms with Gasteiger partial charge >= 0.3 is 0 Å². The first-order chi connectivity index (χ1) is 7.12. The molecule has 1 aliphatic heterocycles. The van der Waals surface area contributed by atoms with E-state index in [1.54, 1.807) is 0 Å². The summed E-state index contributed by atoms with van der Waals surface area (Å²) in [7, 11) is 0. The molecular formula is C12H20N2S. The van der Waals surface area contributed by atoms with E-state index < -0.39 is 0 Å². The molecule has 1 saturated heterocycles. The van der Waals surface area contributed by atoms with Gasteiger partial charge in [0.25, 0.3) is 0 Å². The monoisotopic (exact) mass is 224 g/mol. The zero-order chi connectivity index (χ0) is 10.9. The number of likely N-dealkylation sites (tertiary alicyclic amines) is 1. The molecule has 1 atom stereocenters. The predicted molar refractivity (Wildman–Crippen MR) is 66.1 cm³/mol. The molecule has 2 heterocycles. The number of rotatable bonds is 3. The molecule has 1 aromatic heterocycles. The Morgan fingerprint density at radius 2 is 2.40 bits per heavy atom. The van der Waals surface area contributed by atoms with Crippen LogP contribution in [0.2, 0.25) is 0 Å². The highest BCUT2D eigenvalue weighted by molar-refractivity contribution is 7.10. The number of hydrogen-bond donors (Lipinski definition) is 1. The summed E-state index contributed by atoms with van der Waals surface area (Å²) in [5.41, 5.74) is 6.36. The Morgan fingerprint density at radius 3 is 2.87 bits per heavy atom. The van der Waals surface area contributed by atoms with Crippen LogP contribution in [0.5, 0.6) is 0 Å². The van der Waals surface area contributed by atoms with Crippen LogP contribution in [-0.2, 0) is 0 Å². The first kappa shape index (κ1) is 11.1. The maximum atomic E-state index is 5.90. The molecule has 2 N–H and O–H groups in total. The zero-order valence-electron chi connectivity index (χ0n) is 9.57. The molecule has 1 aliphatic rings. The number of nitrogens with two attached hydrogens (primary N) is 1. The van der Waals surface area contributed by atoms with Gasteiger partial charge in [-0.25, -0.2) is 0 Å². The number of nitrogens with zero attached hydrogens (tertiary/aromatic N) is 1. The lowest BCUT2D eigenvalue weighted by Gasteiger charge is -2.27. The molecule has 1 unspecified atom stereocenters. The molecule has 1 fully saturated rings. The third-order valence-corrected chi connectivity index (χ3v) is 4.22. The van der Waals surface area contributed by atoms with E-state index >= 15 is 0 Å². The minimum Gasteiger partial charge on any atom is -0.329 e. The summed E-state index contributed by atoms with van der Waals surface area (Å²) in [5, 5.41) is 2.14. The molecule has 3 heteroatoms. The van der Waals surface area contributed by atoms with Crippen LogP contribution in [0.3, 0.4) is 0 Å². The highest BCUT2D eigenvalue weighted by atomic mass is 32.1. The van der Waals surface area contributed by atoms with Crippen molar-refractivity contribution in [1.82, 2.24) is 4.90 Å². The summed E-state index contributed by atoms with van der Waals surface area (Å²) in [5.74, 6) is 0. The fourth-order valence-electron chi connectivity index (χ4n) is 2.35. The fraction of sp³-hybridized carbons (Fsp3) is 0.667. The van der Waals surface area contributed by atoms with E-state index in [1.807, 2.05) is 11.3 Å². The van der Waals surface area contributed by atoms with Gasteiger partial charge in [0, 0.05) is 18.0 Å². The molecule has 2 nitrogen and oxygen atoms in total. The van der Waals surface area contributed by atoms with E-state index in [4.69, 9.17) is 5.73 Å². The molecular weight excluding hydrogens is 204 g/mol. The van der Waals surface area contributed by atoms with Crippen molar-refractivity contribution in [3.8, 4) is 0 Å². The Labute approximate surface area is 96.1 Å². The van der Waals surface area contributed by atoms with Gasteiger partial charge in [-0.2, -0.15) is 0 Å². The first-order valence-electron chi connectivity index (χ1n) is 5.60. The Morgan fingerprint density at radius 1 is 1.60 bits per heavy atom. The van der Waals surface area contributed by atoms with Crippen LogP contribution in [-0.4, -0.2) is 24.5 Å². The van der Waals surface area contributed by atoms with E-state index in [0.717, 1.165) is 6.54 Å². The maximum absolute atomic E-state index is 5.90. The van der Waals surface area contributed by atoms with Crippen molar-refractivity contribution in [3.05, 3.63) is 22.4 Å². The summed E-state index contributed by atoms with van der Waals surface area (Å²) < 4.78 is 0. The van der Waals surface area contributed by atoms with E-state index in [2.05, 4.69) is 36.3 Å². The van der Waals surface area contributed by atoms with Gasteiger partial charge in [0.15, 0.2) is 0 Å². The zero-order valence-corrected chi connectivity index (χ0v) is 10.4. The van der Waals surface area contributed by atoms with Crippen LogP contribution >= 0.6 is 11.3 Å². The van der Waals surface area contributed by atoms with E-state index in [9.17, 15) is 0 Å². The Kier molecular flexibility index (Phi) is 3.14. The number of hydrogen-bond acceptors (Lipinski definition) is 3. The van der Waals surface area contributed by atoms with E-state index in [1.165, 1.54) is 24.4 Å². The van der Waals surface area contributed by atoms with Gasteiger partial charge in [-0.05, 0) is 29.8 Å². The summed E-state index contributed by atoms with van der Waals surface area (Å²) in [6, 6.07) is 4.75. The van der Waals surface area contributed by atoms with Crippen molar-refractivity contribution in [3.63, 3.8) is 0 Å². The third kappa shape index (κ3) is 2.41. The van der Waals surface area contributed by atoms with Crippen molar-refractivity contribution in [2.24, 2.45) is 11.1 Å². The van der Waals surface area contributed by atoms with Crippen molar-refractivity contribution < 1.29 is 0 Å². The maximum Gasteiger partial charge on any atom is 0.0564 e. The molecule has 0 bridgehead atoms. The van der Waals surface area contributed by atoms with Crippen molar-refractivity contribution in [1.29, 1.82) is 0 Å². The average Bonchev–Trinajstić information content (AvgIpc) is 2.77. The summed E-state index contributed by atoms with van der Waals surface area (Å²) in [6.07, 6.45) is 1.29. The lowest BCUT2D eigenvalue weighted by Crippen LogP contribution is -2.32. The SMILES string of the molecule is CC1(C)CCN(C(CN)c2cccs2)C1. The Bertz CT molecular complexity index is 305. The third-order valence-electron chi connectivity index (χ3n) is 3.24. The Hall–Kier alpha value is -0.380. The normalized spacial score (nSPS) is 23.1. The summed E-state index contributed by atoms with van der Waals surface area (Å²) in [4.78, 5) is 3.95. The Balaban J connectivity index is 2.09. The van der Waals surface area contributed by atoms with Crippen LogP contribution in [0.25, 0.3) is 0 Å². The molecule has 84 valence electrons. The minimum absolute atomic E-state index is 0.437. The molecule has 0 aromatic carbocycles. The second-order valence-corrected chi connectivity index (χ2v) is 6.13. The molecule has 15 heavy (non-hydrogen) atoms.